The number of benzene rings is 2. The molecule has 4 heteroatoms. The summed E-state index contributed by atoms with van der Waals surface area (Å²) in [5.74, 6) is 0. The van der Waals surface area contributed by atoms with E-state index in [1.54, 1.807) is 30.3 Å². The van der Waals surface area contributed by atoms with E-state index in [9.17, 15) is 8.42 Å². The van der Waals surface area contributed by atoms with Gasteiger partial charge in [0.05, 0.1) is 4.90 Å². The third kappa shape index (κ3) is 2.33. The Labute approximate surface area is 131 Å². The molecular formula is C18H19NO2S. The van der Waals surface area contributed by atoms with Gasteiger partial charge in [-0.15, -0.1) is 0 Å². The van der Waals surface area contributed by atoms with Gasteiger partial charge in [0, 0.05) is 16.4 Å². The third-order valence-electron chi connectivity index (χ3n) is 3.68. The molecule has 0 amide bonds. The Morgan fingerprint density at radius 1 is 0.864 bits per heavy atom. The molecule has 0 aliphatic heterocycles. The lowest BCUT2D eigenvalue weighted by Crippen LogP contribution is -2.25. The normalized spacial score (nSPS) is 12.7. The number of aromatic nitrogens is 1. The molecule has 2 aromatic carbocycles. The van der Waals surface area contributed by atoms with Crippen LogP contribution in [0.5, 0.6) is 0 Å². The van der Waals surface area contributed by atoms with Crippen molar-refractivity contribution in [3.63, 3.8) is 0 Å². The maximum absolute atomic E-state index is 13.1. The fraction of sp³-hybridized carbons (Fsp3) is 0.222. The van der Waals surface area contributed by atoms with Gasteiger partial charge >= 0.3 is 0 Å². The molecule has 114 valence electrons. The van der Waals surface area contributed by atoms with Crippen molar-refractivity contribution in [1.82, 2.24) is 4.57 Å². The average molecular weight is 313 g/mol. The van der Waals surface area contributed by atoms with Crippen molar-refractivity contribution >= 4 is 20.7 Å². The Balaban J connectivity index is 2.37. The first-order chi connectivity index (χ1) is 10.3. The van der Waals surface area contributed by atoms with Crippen LogP contribution in [0.15, 0.2) is 70.6 Å². The van der Waals surface area contributed by atoms with Crippen LogP contribution < -0.4 is 0 Å². The van der Waals surface area contributed by atoms with Gasteiger partial charge in [-0.3, -0.25) is 0 Å². The molecule has 22 heavy (non-hydrogen) atoms. The van der Waals surface area contributed by atoms with Crippen molar-refractivity contribution in [3.05, 3.63) is 60.7 Å². The van der Waals surface area contributed by atoms with Crippen LogP contribution in [0, 0.1) is 0 Å². The predicted molar refractivity (Wildman–Crippen MR) is 88.8 cm³/mol. The lowest BCUT2D eigenvalue weighted by Gasteiger charge is -2.25. The van der Waals surface area contributed by atoms with Crippen molar-refractivity contribution in [3.8, 4) is 0 Å². The molecule has 3 rings (SSSR count). The van der Waals surface area contributed by atoms with E-state index in [4.69, 9.17) is 0 Å². The zero-order valence-electron chi connectivity index (χ0n) is 12.9. The quantitative estimate of drug-likeness (QED) is 0.710. The molecule has 3 aromatic rings. The second kappa shape index (κ2) is 4.99. The van der Waals surface area contributed by atoms with Gasteiger partial charge in [-0.2, -0.15) is 0 Å². The first kappa shape index (κ1) is 14.9. The minimum Gasteiger partial charge on any atom is -0.326 e. The van der Waals surface area contributed by atoms with E-state index in [2.05, 4.69) is 0 Å². The molecule has 0 saturated carbocycles. The Morgan fingerprint density at radius 3 is 2.09 bits per heavy atom. The highest BCUT2D eigenvalue weighted by Gasteiger charge is 2.28. The molecule has 3 nitrogen and oxygen atoms in total. The van der Waals surface area contributed by atoms with Gasteiger partial charge in [-0.05, 0) is 45.0 Å². The van der Waals surface area contributed by atoms with E-state index in [1.807, 2.05) is 55.7 Å². The van der Waals surface area contributed by atoms with Crippen molar-refractivity contribution in [2.75, 3.05) is 0 Å². The first-order valence-electron chi connectivity index (χ1n) is 7.23. The van der Waals surface area contributed by atoms with E-state index in [0.717, 1.165) is 10.9 Å². The van der Waals surface area contributed by atoms with E-state index >= 15 is 0 Å². The van der Waals surface area contributed by atoms with Gasteiger partial charge < -0.3 is 4.57 Å². The Kier molecular flexibility index (Phi) is 3.37. The SMILES string of the molecule is CC(C)(C)n1c(S(=O)(=O)c2ccccc2)cc2ccccc21. The second-order valence-corrected chi connectivity index (χ2v) is 8.26. The van der Waals surface area contributed by atoms with Crippen LogP contribution in [0.2, 0.25) is 0 Å². The Hall–Kier alpha value is -2.07. The molecule has 0 aliphatic rings. The summed E-state index contributed by atoms with van der Waals surface area (Å²) in [6.07, 6.45) is 0. The van der Waals surface area contributed by atoms with E-state index in [0.29, 0.717) is 9.92 Å². The van der Waals surface area contributed by atoms with Crippen LogP contribution in [0.3, 0.4) is 0 Å². The van der Waals surface area contributed by atoms with Gasteiger partial charge in [0.25, 0.3) is 0 Å². The molecule has 0 unspecified atom stereocenters. The van der Waals surface area contributed by atoms with Gasteiger partial charge in [0.1, 0.15) is 5.03 Å². The van der Waals surface area contributed by atoms with Gasteiger partial charge in [0.2, 0.25) is 9.84 Å². The van der Waals surface area contributed by atoms with Crippen molar-refractivity contribution in [2.45, 2.75) is 36.2 Å². The Morgan fingerprint density at radius 2 is 1.45 bits per heavy atom. The second-order valence-electron chi connectivity index (χ2n) is 6.36. The minimum atomic E-state index is -3.55. The predicted octanol–water partition coefficient (Wildman–Crippen LogP) is 4.23. The molecule has 0 saturated heterocycles. The highest BCUT2D eigenvalue weighted by atomic mass is 32.2. The first-order valence-corrected chi connectivity index (χ1v) is 8.71. The fourth-order valence-electron chi connectivity index (χ4n) is 2.74. The van der Waals surface area contributed by atoms with Gasteiger partial charge in [0.15, 0.2) is 0 Å². The molecule has 0 spiro atoms. The fourth-order valence-corrected chi connectivity index (χ4v) is 4.39. The summed E-state index contributed by atoms with van der Waals surface area (Å²) in [5, 5.41) is 1.28. The standard InChI is InChI=1S/C18H19NO2S/c1-18(2,3)19-16-12-8-7-9-14(16)13-17(19)22(20,21)15-10-5-4-6-11-15/h4-13H,1-3H3. The molecule has 0 aliphatic carbocycles. The van der Waals surface area contributed by atoms with Crippen LogP contribution in [-0.2, 0) is 15.4 Å². The summed E-state index contributed by atoms with van der Waals surface area (Å²) in [5.41, 5.74) is 0.602. The zero-order valence-corrected chi connectivity index (χ0v) is 13.8. The molecular weight excluding hydrogens is 294 g/mol. The Bertz CT molecular complexity index is 917. The summed E-state index contributed by atoms with van der Waals surface area (Å²) >= 11 is 0. The number of nitrogens with zero attached hydrogens (tertiary/aromatic N) is 1. The van der Waals surface area contributed by atoms with Crippen molar-refractivity contribution < 1.29 is 8.42 Å². The number of fused-ring (bicyclic) bond motifs is 1. The summed E-state index contributed by atoms with van der Waals surface area (Å²) in [4.78, 5) is 0.323. The number of para-hydroxylation sites is 1. The molecule has 0 atom stereocenters. The monoisotopic (exact) mass is 313 g/mol. The van der Waals surface area contributed by atoms with Gasteiger partial charge in [-0.1, -0.05) is 36.4 Å². The van der Waals surface area contributed by atoms with Crippen LogP contribution in [0.25, 0.3) is 10.9 Å². The van der Waals surface area contributed by atoms with Crippen LogP contribution in [0.1, 0.15) is 20.8 Å². The summed E-state index contributed by atoms with van der Waals surface area (Å²) in [6.45, 7) is 6.05. The zero-order chi connectivity index (χ0) is 16.0. The van der Waals surface area contributed by atoms with Crippen molar-refractivity contribution in [1.29, 1.82) is 0 Å². The largest absolute Gasteiger partial charge is 0.326 e. The number of hydrogen-bond donors (Lipinski definition) is 0. The van der Waals surface area contributed by atoms with Crippen LogP contribution in [0.4, 0.5) is 0 Å². The summed E-state index contributed by atoms with van der Waals surface area (Å²) in [7, 11) is -3.55. The lowest BCUT2D eigenvalue weighted by atomic mass is 10.1. The average Bonchev–Trinajstić information content (AvgIpc) is 2.88. The smallest absolute Gasteiger partial charge is 0.222 e. The maximum Gasteiger partial charge on any atom is 0.222 e. The van der Waals surface area contributed by atoms with E-state index < -0.39 is 9.84 Å². The number of hydrogen-bond acceptors (Lipinski definition) is 2. The van der Waals surface area contributed by atoms with Gasteiger partial charge in [-0.25, -0.2) is 8.42 Å². The molecule has 0 bridgehead atoms. The number of rotatable bonds is 2. The van der Waals surface area contributed by atoms with Crippen molar-refractivity contribution in [2.24, 2.45) is 0 Å². The highest BCUT2D eigenvalue weighted by molar-refractivity contribution is 7.91. The molecule has 1 heterocycles. The highest BCUT2D eigenvalue weighted by Crippen LogP contribution is 2.33. The number of sulfone groups is 1. The molecule has 0 fully saturated rings. The third-order valence-corrected chi connectivity index (χ3v) is 5.42. The van der Waals surface area contributed by atoms with E-state index in [-0.39, 0.29) is 5.54 Å². The van der Waals surface area contributed by atoms with Crippen LogP contribution in [-0.4, -0.2) is 13.0 Å². The topological polar surface area (TPSA) is 39.1 Å². The molecule has 0 N–H and O–H groups in total. The molecule has 0 radical (unpaired) electrons. The minimum absolute atomic E-state index is 0.323. The maximum atomic E-state index is 13.1. The molecule has 1 aromatic heterocycles. The summed E-state index contributed by atoms with van der Waals surface area (Å²) < 4.78 is 28.0. The summed E-state index contributed by atoms with van der Waals surface area (Å²) in [6, 6.07) is 18.1. The lowest BCUT2D eigenvalue weighted by molar-refractivity contribution is 0.380. The van der Waals surface area contributed by atoms with E-state index in [1.165, 1.54) is 0 Å². The van der Waals surface area contributed by atoms with Crippen LogP contribution >= 0.6 is 0 Å².